The summed E-state index contributed by atoms with van der Waals surface area (Å²) in [5.41, 5.74) is 0.686. The summed E-state index contributed by atoms with van der Waals surface area (Å²) in [6.45, 7) is 0.159. The molecule has 5 nitrogen and oxygen atoms in total. The highest BCUT2D eigenvalue weighted by molar-refractivity contribution is 6.33. The largest absolute Gasteiger partial charge is 0.493 e. The second-order valence-electron chi connectivity index (χ2n) is 3.75. The highest BCUT2D eigenvalue weighted by Gasteiger charge is 2.21. The fourth-order valence-corrected chi connectivity index (χ4v) is 2.20. The average molecular weight is 299 g/mol. The highest BCUT2D eigenvalue weighted by Crippen LogP contribution is 2.43. The van der Waals surface area contributed by atoms with Gasteiger partial charge in [-0.3, -0.25) is 0 Å². The van der Waals surface area contributed by atoms with Gasteiger partial charge in [-0.15, -0.1) is 0 Å². The minimum Gasteiger partial charge on any atom is -0.493 e. The molecule has 1 aliphatic heterocycles. The van der Waals surface area contributed by atoms with Gasteiger partial charge in [-0.05, 0) is 12.1 Å². The van der Waals surface area contributed by atoms with Crippen LogP contribution in [0, 0.1) is 0 Å². The second-order valence-corrected chi connectivity index (χ2v) is 4.52. The van der Waals surface area contributed by atoms with Crippen LogP contribution in [0.15, 0.2) is 18.2 Å². The SMILES string of the molecule is COc1cc(-c2nc(Cl)cc(Cl)n2)cc2c1OCO2. The maximum atomic E-state index is 5.87. The maximum absolute atomic E-state index is 5.87. The van der Waals surface area contributed by atoms with Crippen molar-refractivity contribution in [2.24, 2.45) is 0 Å². The fourth-order valence-electron chi connectivity index (χ4n) is 1.78. The van der Waals surface area contributed by atoms with Crippen LogP contribution < -0.4 is 14.2 Å². The lowest BCUT2D eigenvalue weighted by molar-refractivity contribution is 0.171. The number of methoxy groups -OCH3 is 1. The zero-order chi connectivity index (χ0) is 13.4. The first-order valence-electron chi connectivity index (χ1n) is 5.35. The molecule has 0 atom stereocenters. The van der Waals surface area contributed by atoms with E-state index >= 15 is 0 Å². The number of rotatable bonds is 2. The molecule has 0 aliphatic carbocycles. The van der Waals surface area contributed by atoms with Crippen molar-refractivity contribution in [3.05, 3.63) is 28.5 Å². The number of aromatic nitrogens is 2. The Morgan fingerprint density at radius 3 is 2.53 bits per heavy atom. The van der Waals surface area contributed by atoms with Gasteiger partial charge in [-0.25, -0.2) is 9.97 Å². The molecule has 2 heterocycles. The molecular formula is C12H8Cl2N2O3. The molecule has 0 saturated carbocycles. The van der Waals surface area contributed by atoms with E-state index in [1.807, 2.05) is 0 Å². The van der Waals surface area contributed by atoms with Crippen LogP contribution in [0.5, 0.6) is 17.2 Å². The summed E-state index contributed by atoms with van der Waals surface area (Å²) in [5.74, 6) is 2.09. The third kappa shape index (κ3) is 2.27. The Kier molecular flexibility index (Phi) is 3.08. The zero-order valence-electron chi connectivity index (χ0n) is 9.81. The predicted octanol–water partition coefficient (Wildman–Crippen LogP) is 3.19. The quantitative estimate of drug-likeness (QED) is 0.797. The van der Waals surface area contributed by atoms with Gasteiger partial charge in [0.1, 0.15) is 10.3 Å². The highest BCUT2D eigenvalue weighted by atomic mass is 35.5. The lowest BCUT2D eigenvalue weighted by atomic mass is 10.1. The molecular weight excluding hydrogens is 291 g/mol. The van der Waals surface area contributed by atoms with Gasteiger partial charge >= 0.3 is 0 Å². The third-order valence-corrected chi connectivity index (χ3v) is 2.97. The molecule has 2 aromatic rings. The van der Waals surface area contributed by atoms with Gasteiger partial charge in [-0.1, -0.05) is 23.2 Å². The first-order chi connectivity index (χ1) is 9.17. The molecule has 19 heavy (non-hydrogen) atoms. The molecule has 0 bridgehead atoms. The van der Waals surface area contributed by atoms with Crippen molar-refractivity contribution >= 4 is 23.2 Å². The standard InChI is InChI=1S/C12H8Cl2N2O3/c1-17-7-2-6(3-8-11(7)19-5-18-8)12-15-9(13)4-10(14)16-12/h2-4H,5H2,1H3. The van der Waals surface area contributed by atoms with Crippen LogP contribution in [-0.2, 0) is 0 Å². The summed E-state index contributed by atoms with van der Waals surface area (Å²) in [7, 11) is 1.55. The molecule has 0 fully saturated rings. The summed E-state index contributed by atoms with van der Waals surface area (Å²) in [6, 6.07) is 4.97. The van der Waals surface area contributed by atoms with Crippen LogP contribution >= 0.6 is 23.2 Å². The molecule has 3 rings (SSSR count). The summed E-state index contributed by atoms with van der Waals surface area (Å²) in [6.07, 6.45) is 0. The van der Waals surface area contributed by atoms with Crippen molar-refractivity contribution in [2.45, 2.75) is 0 Å². The van der Waals surface area contributed by atoms with Crippen LogP contribution in [0.2, 0.25) is 10.3 Å². The van der Waals surface area contributed by atoms with E-state index in [1.54, 1.807) is 19.2 Å². The van der Waals surface area contributed by atoms with Crippen LogP contribution in [0.3, 0.4) is 0 Å². The van der Waals surface area contributed by atoms with Gasteiger partial charge in [0, 0.05) is 11.6 Å². The van der Waals surface area contributed by atoms with Gasteiger partial charge in [0.25, 0.3) is 0 Å². The Morgan fingerprint density at radius 1 is 1.11 bits per heavy atom. The van der Waals surface area contributed by atoms with E-state index in [1.165, 1.54) is 6.07 Å². The summed E-state index contributed by atoms with van der Waals surface area (Å²) in [4.78, 5) is 8.25. The molecule has 0 saturated heterocycles. The van der Waals surface area contributed by atoms with E-state index in [0.29, 0.717) is 28.6 Å². The van der Waals surface area contributed by atoms with Crippen molar-refractivity contribution in [3.63, 3.8) is 0 Å². The van der Waals surface area contributed by atoms with E-state index in [9.17, 15) is 0 Å². The Balaban J connectivity index is 2.15. The van der Waals surface area contributed by atoms with Crippen LogP contribution in [0.1, 0.15) is 0 Å². The Morgan fingerprint density at radius 2 is 1.84 bits per heavy atom. The fraction of sp³-hybridized carbons (Fsp3) is 0.167. The van der Waals surface area contributed by atoms with Crippen LogP contribution in [0.4, 0.5) is 0 Å². The number of halogens is 2. The minimum atomic E-state index is 0.159. The molecule has 1 aromatic carbocycles. The van der Waals surface area contributed by atoms with E-state index < -0.39 is 0 Å². The topological polar surface area (TPSA) is 53.5 Å². The van der Waals surface area contributed by atoms with Gasteiger partial charge in [0.2, 0.25) is 12.5 Å². The van der Waals surface area contributed by atoms with Crippen molar-refractivity contribution in [2.75, 3.05) is 13.9 Å². The van der Waals surface area contributed by atoms with Crippen LogP contribution in [-0.4, -0.2) is 23.9 Å². The van der Waals surface area contributed by atoms with E-state index in [-0.39, 0.29) is 17.1 Å². The lowest BCUT2D eigenvalue weighted by Crippen LogP contribution is -1.93. The predicted molar refractivity (Wildman–Crippen MR) is 70.2 cm³/mol. The van der Waals surface area contributed by atoms with Gasteiger partial charge in [0.05, 0.1) is 7.11 Å². The minimum absolute atomic E-state index is 0.159. The van der Waals surface area contributed by atoms with Crippen LogP contribution in [0.25, 0.3) is 11.4 Å². The molecule has 0 unspecified atom stereocenters. The molecule has 0 radical (unpaired) electrons. The van der Waals surface area contributed by atoms with E-state index in [2.05, 4.69) is 9.97 Å². The van der Waals surface area contributed by atoms with Gasteiger partial charge in [-0.2, -0.15) is 0 Å². The molecule has 7 heteroatoms. The van der Waals surface area contributed by atoms with Crippen molar-refractivity contribution in [1.29, 1.82) is 0 Å². The smallest absolute Gasteiger partial charge is 0.231 e. The number of hydrogen-bond donors (Lipinski definition) is 0. The third-order valence-electron chi connectivity index (χ3n) is 2.58. The van der Waals surface area contributed by atoms with Gasteiger partial charge in [0.15, 0.2) is 17.3 Å². The summed E-state index contributed by atoms with van der Waals surface area (Å²) in [5, 5.41) is 0.540. The average Bonchev–Trinajstić information content (AvgIpc) is 2.84. The Labute approximate surface area is 119 Å². The van der Waals surface area contributed by atoms with Crippen molar-refractivity contribution in [3.8, 4) is 28.6 Å². The lowest BCUT2D eigenvalue weighted by Gasteiger charge is -2.07. The van der Waals surface area contributed by atoms with Crippen molar-refractivity contribution < 1.29 is 14.2 Å². The number of ether oxygens (including phenoxy) is 3. The monoisotopic (exact) mass is 298 g/mol. The molecule has 1 aliphatic rings. The summed E-state index contributed by atoms with van der Waals surface area (Å²) < 4.78 is 15.9. The molecule has 0 amide bonds. The number of benzene rings is 1. The molecule has 1 aromatic heterocycles. The zero-order valence-corrected chi connectivity index (χ0v) is 11.3. The number of nitrogens with zero attached hydrogens (tertiary/aromatic N) is 2. The van der Waals surface area contributed by atoms with Gasteiger partial charge < -0.3 is 14.2 Å². The van der Waals surface area contributed by atoms with Crippen molar-refractivity contribution in [1.82, 2.24) is 9.97 Å². The van der Waals surface area contributed by atoms with E-state index in [4.69, 9.17) is 37.4 Å². The maximum Gasteiger partial charge on any atom is 0.231 e. The second kappa shape index (κ2) is 4.75. The Hall–Kier alpha value is -1.72. The first kappa shape index (κ1) is 12.3. The van der Waals surface area contributed by atoms with E-state index in [0.717, 1.165) is 0 Å². The Bertz CT molecular complexity index is 629. The summed E-state index contributed by atoms with van der Waals surface area (Å²) >= 11 is 11.7. The molecule has 98 valence electrons. The normalized spacial score (nSPS) is 12.6. The number of fused-ring (bicyclic) bond motifs is 1. The first-order valence-corrected chi connectivity index (χ1v) is 6.11. The number of hydrogen-bond acceptors (Lipinski definition) is 5. The molecule has 0 spiro atoms. The molecule has 0 N–H and O–H groups in total.